The van der Waals surface area contributed by atoms with Crippen LogP contribution in [0.3, 0.4) is 0 Å². The van der Waals surface area contributed by atoms with Crippen molar-refractivity contribution in [3.05, 3.63) is 71.2 Å². The molecule has 3 aromatic carbocycles. The smallest absolute Gasteiger partial charge is 0.261 e. The molecule has 220 valence electrons. The number of ether oxygens (including phenoxy) is 2. The van der Waals surface area contributed by atoms with Gasteiger partial charge in [-0.05, 0) is 67.7 Å². The molecule has 41 heavy (non-hydrogen) atoms. The molecule has 0 saturated heterocycles. The van der Waals surface area contributed by atoms with Crippen molar-refractivity contribution in [2.75, 3.05) is 50.0 Å². The Labute approximate surface area is 255 Å². The third kappa shape index (κ3) is 7.41. The highest BCUT2D eigenvalue weighted by atomic mass is 35.5. The van der Waals surface area contributed by atoms with Crippen LogP contribution >= 0.6 is 35.3 Å². The van der Waals surface area contributed by atoms with E-state index < -0.39 is 10.0 Å². The molecule has 0 aliphatic rings. The fourth-order valence-electron chi connectivity index (χ4n) is 4.13. The summed E-state index contributed by atoms with van der Waals surface area (Å²) in [7, 11) is -0.819. The number of likely N-dealkylation sites (N-methyl/N-ethyl adjacent to an activating group) is 1. The Balaban J connectivity index is 0.00000462. The minimum Gasteiger partial charge on any atom is -0.497 e. The van der Waals surface area contributed by atoms with Gasteiger partial charge in [0.05, 0.1) is 28.8 Å². The molecule has 4 aromatic rings. The number of hydrogen-bond donors (Lipinski definition) is 1. The molecule has 13 heteroatoms. The lowest BCUT2D eigenvalue weighted by molar-refractivity contribution is 0.0983. The number of halogens is 2. The minimum absolute atomic E-state index is 0. The summed E-state index contributed by atoms with van der Waals surface area (Å²) < 4.78 is 39.8. The van der Waals surface area contributed by atoms with Crippen molar-refractivity contribution in [3.63, 3.8) is 0 Å². The number of sulfonamides is 1. The second kappa shape index (κ2) is 14.2. The normalized spacial score (nSPS) is 11.3. The van der Waals surface area contributed by atoms with Gasteiger partial charge < -0.3 is 14.4 Å². The number of aromatic nitrogens is 1. The maximum Gasteiger partial charge on any atom is 0.261 e. The van der Waals surface area contributed by atoms with E-state index in [1.807, 2.05) is 0 Å². The van der Waals surface area contributed by atoms with Crippen LogP contribution in [0.25, 0.3) is 10.2 Å². The lowest BCUT2D eigenvalue weighted by Gasteiger charge is -2.25. The van der Waals surface area contributed by atoms with Crippen LogP contribution < -0.4 is 19.1 Å². The van der Waals surface area contributed by atoms with Gasteiger partial charge in [-0.25, -0.2) is 13.4 Å². The number of nitrogens with one attached hydrogen (secondary N) is 1. The third-order valence-corrected chi connectivity index (χ3v) is 9.34. The van der Waals surface area contributed by atoms with E-state index in [4.69, 9.17) is 26.1 Å². The third-order valence-electron chi connectivity index (χ3n) is 6.41. The first-order chi connectivity index (χ1) is 19.2. The molecule has 1 aromatic heterocycles. The largest absolute Gasteiger partial charge is 0.497 e. The van der Waals surface area contributed by atoms with Gasteiger partial charge in [0.1, 0.15) is 17.0 Å². The summed E-state index contributed by atoms with van der Waals surface area (Å²) in [5.74, 6) is 0.796. The Kier molecular flexibility index (Phi) is 11.2. The highest BCUT2D eigenvalue weighted by Crippen LogP contribution is 2.39. The molecule has 4 rings (SSSR count). The fraction of sp³-hybridized carbons (Fsp3) is 0.286. The van der Waals surface area contributed by atoms with Crippen molar-refractivity contribution in [2.24, 2.45) is 0 Å². The van der Waals surface area contributed by atoms with E-state index in [0.29, 0.717) is 45.8 Å². The molecule has 1 amide bonds. The molecule has 0 saturated carbocycles. The quantitative estimate of drug-likeness (QED) is 0.198. The molecule has 0 spiro atoms. The average Bonchev–Trinajstić information content (AvgIpc) is 3.41. The summed E-state index contributed by atoms with van der Waals surface area (Å²) >= 11 is 7.76. The molecule has 0 bridgehead atoms. The number of thiazole rings is 1. The number of hydrogen-bond acceptors (Lipinski definition) is 8. The van der Waals surface area contributed by atoms with E-state index in [1.54, 1.807) is 54.5 Å². The lowest BCUT2D eigenvalue weighted by atomic mass is 10.2. The number of benzene rings is 3. The minimum atomic E-state index is -3.89. The second-order valence-electron chi connectivity index (χ2n) is 8.77. The summed E-state index contributed by atoms with van der Waals surface area (Å²) in [4.78, 5) is 22.5. The summed E-state index contributed by atoms with van der Waals surface area (Å²) in [5.41, 5.74) is 1.16. The van der Waals surface area contributed by atoms with Gasteiger partial charge in [-0.3, -0.25) is 14.4 Å². The molecule has 1 heterocycles. The van der Waals surface area contributed by atoms with Crippen LogP contribution in [0.2, 0.25) is 5.02 Å². The number of carbonyl (C=O) groups excluding carboxylic acids is 1. The predicted octanol–water partition coefficient (Wildman–Crippen LogP) is 6.18. The van der Waals surface area contributed by atoms with E-state index in [1.165, 1.54) is 36.6 Å². The molecule has 0 aliphatic carbocycles. The maximum atomic E-state index is 13.9. The second-order valence-corrected chi connectivity index (χ2v) is 11.8. The molecule has 1 N–H and O–H groups in total. The number of anilines is 2. The number of amides is 1. The van der Waals surface area contributed by atoms with Crippen LogP contribution in [-0.4, -0.2) is 64.6 Å². The van der Waals surface area contributed by atoms with Gasteiger partial charge in [0.25, 0.3) is 15.9 Å². The number of carbonyl (C=O) groups is 1. The van der Waals surface area contributed by atoms with Crippen molar-refractivity contribution in [1.82, 2.24) is 9.88 Å². The van der Waals surface area contributed by atoms with Crippen LogP contribution in [0.4, 0.5) is 10.8 Å². The van der Waals surface area contributed by atoms with E-state index in [0.717, 1.165) is 17.8 Å². The molecular formula is C28H32Cl2N4O5S2. The van der Waals surface area contributed by atoms with Crippen molar-refractivity contribution in [3.8, 4) is 11.5 Å². The molecule has 0 unspecified atom stereocenters. The topological polar surface area (TPSA) is 101 Å². The standard InChI is InChI=1S/C28H31ClN4O5S2.ClH/c1-5-32(6-2)16-17-33(28-30-25-24(38-4)15-14-23(29)26(25)39-28)27(34)19-8-7-9-20(18-19)31-40(35,36)22-12-10-21(37-3)11-13-22;/h7-15,18,31H,5-6,16-17H2,1-4H3;1H. The number of nitrogens with zero attached hydrogens (tertiary/aromatic N) is 3. The monoisotopic (exact) mass is 638 g/mol. The number of methoxy groups -OCH3 is 2. The Morgan fingerprint density at radius 1 is 1.00 bits per heavy atom. The maximum absolute atomic E-state index is 13.9. The summed E-state index contributed by atoms with van der Waals surface area (Å²) in [6, 6.07) is 16.0. The first-order valence-electron chi connectivity index (χ1n) is 12.6. The molecule has 0 radical (unpaired) electrons. The fourth-order valence-corrected chi connectivity index (χ4v) is 6.46. The van der Waals surface area contributed by atoms with Gasteiger partial charge in [0.2, 0.25) is 0 Å². The van der Waals surface area contributed by atoms with Gasteiger partial charge in [0.15, 0.2) is 5.13 Å². The van der Waals surface area contributed by atoms with Crippen LogP contribution in [0.5, 0.6) is 11.5 Å². The van der Waals surface area contributed by atoms with Gasteiger partial charge in [0, 0.05) is 24.3 Å². The highest BCUT2D eigenvalue weighted by Gasteiger charge is 2.24. The first-order valence-corrected chi connectivity index (χ1v) is 15.3. The molecule has 0 fully saturated rings. The summed E-state index contributed by atoms with van der Waals surface area (Å²) in [6.07, 6.45) is 0. The first kappa shape index (κ1) is 32.4. The van der Waals surface area contributed by atoms with E-state index in [-0.39, 0.29) is 28.9 Å². The lowest BCUT2D eigenvalue weighted by Crippen LogP contribution is -2.38. The Morgan fingerprint density at radius 2 is 1.71 bits per heavy atom. The Bertz CT molecular complexity index is 1590. The van der Waals surface area contributed by atoms with Gasteiger partial charge in [-0.1, -0.05) is 42.9 Å². The Hall–Kier alpha value is -3.09. The van der Waals surface area contributed by atoms with Crippen molar-refractivity contribution >= 4 is 72.3 Å². The predicted molar refractivity (Wildman–Crippen MR) is 168 cm³/mol. The zero-order valence-corrected chi connectivity index (χ0v) is 26.3. The SMILES string of the molecule is CCN(CC)CCN(C(=O)c1cccc(NS(=O)(=O)c2ccc(OC)cc2)c1)c1nc2c(OC)ccc(Cl)c2s1.Cl. The summed E-state index contributed by atoms with van der Waals surface area (Å²) in [5, 5.41) is 0.994. The van der Waals surface area contributed by atoms with Gasteiger partial charge in [-0.2, -0.15) is 0 Å². The van der Waals surface area contributed by atoms with E-state index in [9.17, 15) is 13.2 Å². The van der Waals surface area contributed by atoms with E-state index in [2.05, 4.69) is 23.5 Å². The van der Waals surface area contributed by atoms with Crippen LogP contribution in [-0.2, 0) is 10.0 Å². The number of fused-ring (bicyclic) bond motifs is 1. The van der Waals surface area contributed by atoms with Crippen molar-refractivity contribution in [2.45, 2.75) is 18.7 Å². The average molecular weight is 640 g/mol. The van der Waals surface area contributed by atoms with Gasteiger partial charge in [-0.15, -0.1) is 12.4 Å². The summed E-state index contributed by atoms with van der Waals surface area (Å²) in [6.45, 7) is 6.81. The van der Waals surface area contributed by atoms with Crippen LogP contribution in [0.15, 0.2) is 65.6 Å². The van der Waals surface area contributed by atoms with Crippen LogP contribution in [0, 0.1) is 0 Å². The van der Waals surface area contributed by atoms with E-state index >= 15 is 0 Å². The molecule has 9 nitrogen and oxygen atoms in total. The Morgan fingerprint density at radius 3 is 2.34 bits per heavy atom. The van der Waals surface area contributed by atoms with Crippen molar-refractivity contribution < 1.29 is 22.7 Å². The molecule has 0 aliphatic heterocycles. The number of rotatable bonds is 12. The van der Waals surface area contributed by atoms with Crippen LogP contribution in [0.1, 0.15) is 24.2 Å². The zero-order valence-electron chi connectivity index (χ0n) is 23.1. The van der Waals surface area contributed by atoms with Gasteiger partial charge >= 0.3 is 0 Å². The molecular weight excluding hydrogens is 607 g/mol. The van der Waals surface area contributed by atoms with Crippen molar-refractivity contribution in [1.29, 1.82) is 0 Å². The highest BCUT2D eigenvalue weighted by molar-refractivity contribution is 7.92. The zero-order chi connectivity index (χ0) is 28.9. The molecule has 0 atom stereocenters.